The van der Waals surface area contributed by atoms with E-state index in [4.69, 9.17) is 4.74 Å². The van der Waals surface area contributed by atoms with Crippen molar-refractivity contribution in [2.24, 2.45) is 0 Å². The van der Waals surface area contributed by atoms with Crippen LogP contribution < -0.4 is 5.32 Å². The Labute approximate surface area is 358 Å². The highest BCUT2D eigenvalue weighted by Gasteiger charge is 2.23. The van der Waals surface area contributed by atoms with Crippen LogP contribution in [0, 0.1) is 0 Å². The number of carbonyl (C=O) groups excluding carboxylic acids is 2. The first-order valence-electron chi connectivity index (χ1n) is 24.6. The fraction of sp³-hybridized carbons (Fsp3) is 0.769. The van der Waals surface area contributed by atoms with Crippen molar-refractivity contribution in [2.75, 3.05) is 6.61 Å². The lowest BCUT2D eigenvalue weighted by atomic mass is 10.0. The number of hydrogen-bond donors (Lipinski definition) is 3. The Morgan fingerprint density at radius 3 is 1.48 bits per heavy atom. The van der Waals surface area contributed by atoms with Gasteiger partial charge in [-0.2, -0.15) is 0 Å². The minimum Gasteiger partial charge on any atom is -0.458 e. The van der Waals surface area contributed by atoms with Crippen LogP contribution in [0.5, 0.6) is 0 Å². The van der Waals surface area contributed by atoms with Crippen molar-refractivity contribution in [1.29, 1.82) is 0 Å². The molecule has 0 fully saturated rings. The maximum Gasteiger partial charge on any atom is 0.306 e. The topological polar surface area (TPSA) is 95.9 Å². The molecule has 336 valence electrons. The average Bonchev–Trinajstić information content (AvgIpc) is 3.22. The zero-order valence-electron chi connectivity index (χ0n) is 38.2. The Bertz CT molecular complexity index is 1050. The Balaban J connectivity index is 4.66. The fourth-order valence-corrected chi connectivity index (χ4v) is 7.10. The summed E-state index contributed by atoms with van der Waals surface area (Å²) in [6, 6.07) is -0.736. The van der Waals surface area contributed by atoms with E-state index in [0.29, 0.717) is 19.3 Å². The van der Waals surface area contributed by atoms with Crippen LogP contribution >= 0.6 is 0 Å². The third kappa shape index (κ3) is 40.3. The number of aliphatic hydroxyl groups is 2. The SMILES string of the molecule is CCCCCCC/C=C/C=C/C=C/CCCCCCCC(=O)OC(/C=C/C/C=C\CCCCCCCC)CC(=O)NC(CO)C(O)CCCCCCCCCCCC. The average molecular weight is 812 g/mol. The number of nitrogens with one attached hydrogen (secondary N) is 1. The molecule has 0 aromatic carbocycles. The van der Waals surface area contributed by atoms with Gasteiger partial charge in [0.1, 0.15) is 6.10 Å². The third-order valence-electron chi connectivity index (χ3n) is 10.9. The maximum absolute atomic E-state index is 13.1. The van der Waals surface area contributed by atoms with E-state index in [1.807, 2.05) is 12.2 Å². The molecule has 6 heteroatoms. The van der Waals surface area contributed by atoms with Gasteiger partial charge in [0.2, 0.25) is 5.91 Å². The van der Waals surface area contributed by atoms with Crippen molar-refractivity contribution in [3.63, 3.8) is 0 Å². The number of ether oxygens (including phenoxy) is 1. The monoisotopic (exact) mass is 812 g/mol. The number of hydrogen-bond acceptors (Lipinski definition) is 5. The third-order valence-corrected chi connectivity index (χ3v) is 10.9. The van der Waals surface area contributed by atoms with E-state index in [2.05, 4.69) is 74.7 Å². The van der Waals surface area contributed by atoms with Crippen molar-refractivity contribution < 1.29 is 24.5 Å². The van der Waals surface area contributed by atoms with Crippen molar-refractivity contribution >= 4 is 11.9 Å². The molecule has 0 bridgehead atoms. The van der Waals surface area contributed by atoms with Gasteiger partial charge in [-0.05, 0) is 63.9 Å². The van der Waals surface area contributed by atoms with Gasteiger partial charge < -0.3 is 20.3 Å². The molecule has 0 radical (unpaired) electrons. The molecule has 6 nitrogen and oxygen atoms in total. The predicted molar refractivity (Wildman–Crippen MR) is 250 cm³/mol. The number of amides is 1. The molecule has 0 spiro atoms. The fourth-order valence-electron chi connectivity index (χ4n) is 7.10. The van der Waals surface area contributed by atoms with Gasteiger partial charge in [-0.25, -0.2) is 0 Å². The highest BCUT2D eigenvalue weighted by Crippen LogP contribution is 2.15. The van der Waals surface area contributed by atoms with Crippen LogP contribution in [0.2, 0.25) is 0 Å². The zero-order valence-corrected chi connectivity index (χ0v) is 38.2. The number of carbonyl (C=O) groups is 2. The molecule has 0 aliphatic rings. The van der Waals surface area contributed by atoms with Crippen molar-refractivity contribution in [3.8, 4) is 0 Å². The second-order valence-electron chi connectivity index (χ2n) is 16.6. The Kier molecular flexibility index (Phi) is 43.7. The van der Waals surface area contributed by atoms with E-state index in [0.717, 1.165) is 64.2 Å². The first-order valence-corrected chi connectivity index (χ1v) is 24.6. The van der Waals surface area contributed by atoms with Gasteiger partial charge in [-0.15, -0.1) is 0 Å². The summed E-state index contributed by atoms with van der Waals surface area (Å²) in [7, 11) is 0. The van der Waals surface area contributed by atoms with Crippen LogP contribution in [0.15, 0.2) is 60.8 Å². The van der Waals surface area contributed by atoms with Gasteiger partial charge in [0.25, 0.3) is 0 Å². The summed E-state index contributed by atoms with van der Waals surface area (Å²) in [5.41, 5.74) is 0. The van der Waals surface area contributed by atoms with Gasteiger partial charge in [0, 0.05) is 6.42 Å². The minimum atomic E-state index is -0.814. The molecule has 3 unspecified atom stereocenters. The molecule has 0 aliphatic heterocycles. The highest BCUT2D eigenvalue weighted by molar-refractivity contribution is 5.78. The van der Waals surface area contributed by atoms with E-state index in [1.54, 1.807) is 0 Å². The molecule has 3 atom stereocenters. The van der Waals surface area contributed by atoms with Gasteiger partial charge >= 0.3 is 5.97 Å². The van der Waals surface area contributed by atoms with Crippen LogP contribution in [0.25, 0.3) is 0 Å². The van der Waals surface area contributed by atoms with Crippen LogP contribution in [-0.4, -0.2) is 46.9 Å². The number of esters is 1. The van der Waals surface area contributed by atoms with Crippen LogP contribution in [0.4, 0.5) is 0 Å². The largest absolute Gasteiger partial charge is 0.458 e. The standard InChI is InChI=1S/C52H93NO5/c1-4-7-10-13-16-19-22-23-24-25-26-27-28-30-33-36-39-42-45-52(57)58-48(43-40-37-34-31-29-20-17-14-11-8-5-2)46-51(56)53-49(47-54)50(55)44-41-38-35-32-21-18-15-12-9-6-3/h22-27,31,34,40,43,48-50,54-55H,4-21,28-30,32-33,35-39,41-42,44-47H2,1-3H3,(H,53,56)/b23-22+,25-24+,27-26+,34-31-,43-40+. The van der Waals surface area contributed by atoms with Gasteiger partial charge in [-0.1, -0.05) is 217 Å². The molecule has 0 saturated heterocycles. The number of allylic oxidation sites excluding steroid dienone is 9. The number of rotatable bonds is 43. The highest BCUT2D eigenvalue weighted by atomic mass is 16.5. The number of aliphatic hydroxyl groups excluding tert-OH is 2. The molecular formula is C52H93NO5. The summed E-state index contributed by atoms with van der Waals surface area (Å²) in [5.74, 6) is -0.627. The molecule has 3 N–H and O–H groups in total. The summed E-state index contributed by atoms with van der Waals surface area (Å²) < 4.78 is 5.80. The van der Waals surface area contributed by atoms with Crippen molar-refractivity contribution in [2.45, 2.75) is 251 Å². The normalized spacial score (nSPS) is 13.8. The maximum atomic E-state index is 13.1. The molecule has 0 aliphatic carbocycles. The Morgan fingerprint density at radius 2 is 0.983 bits per heavy atom. The van der Waals surface area contributed by atoms with E-state index in [-0.39, 0.29) is 24.9 Å². The first kappa shape index (κ1) is 55.6. The zero-order chi connectivity index (χ0) is 42.4. The molecule has 1 amide bonds. The molecule has 0 rings (SSSR count). The number of unbranched alkanes of at least 4 members (excludes halogenated alkanes) is 25. The van der Waals surface area contributed by atoms with Gasteiger partial charge in [0.05, 0.1) is 25.2 Å². The second-order valence-corrected chi connectivity index (χ2v) is 16.6. The quantitative estimate of drug-likeness (QED) is 0.0247. The predicted octanol–water partition coefficient (Wildman–Crippen LogP) is 14.5. The summed E-state index contributed by atoms with van der Waals surface area (Å²) in [6.07, 6.45) is 56.0. The molecule has 58 heavy (non-hydrogen) atoms. The summed E-state index contributed by atoms with van der Waals surface area (Å²) in [6.45, 7) is 6.40. The van der Waals surface area contributed by atoms with Crippen LogP contribution in [0.3, 0.4) is 0 Å². The van der Waals surface area contributed by atoms with Crippen molar-refractivity contribution in [1.82, 2.24) is 5.32 Å². The lowest BCUT2D eigenvalue weighted by molar-refractivity contribution is -0.148. The van der Waals surface area contributed by atoms with E-state index in [9.17, 15) is 19.8 Å². The molecule has 0 saturated carbocycles. The van der Waals surface area contributed by atoms with Crippen LogP contribution in [0.1, 0.15) is 233 Å². The molecule has 0 aromatic heterocycles. The van der Waals surface area contributed by atoms with E-state index < -0.39 is 18.2 Å². The lowest BCUT2D eigenvalue weighted by Crippen LogP contribution is -2.46. The first-order chi connectivity index (χ1) is 28.5. The summed E-state index contributed by atoms with van der Waals surface area (Å²) in [4.78, 5) is 26.0. The molecule has 0 heterocycles. The summed E-state index contributed by atoms with van der Waals surface area (Å²) in [5, 5.41) is 23.6. The van der Waals surface area contributed by atoms with Gasteiger partial charge in [-0.3, -0.25) is 9.59 Å². The van der Waals surface area contributed by atoms with Crippen LogP contribution in [-0.2, 0) is 14.3 Å². The summed E-state index contributed by atoms with van der Waals surface area (Å²) >= 11 is 0. The Hall–Kier alpha value is -2.44. The lowest BCUT2D eigenvalue weighted by Gasteiger charge is -2.23. The second kappa shape index (κ2) is 45.6. The smallest absolute Gasteiger partial charge is 0.306 e. The minimum absolute atomic E-state index is 0.0384. The Morgan fingerprint density at radius 1 is 0.534 bits per heavy atom. The van der Waals surface area contributed by atoms with Crippen molar-refractivity contribution in [3.05, 3.63) is 60.8 Å². The van der Waals surface area contributed by atoms with E-state index in [1.165, 1.54) is 122 Å². The molecular weight excluding hydrogens is 719 g/mol. The molecule has 0 aromatic rings. The van der Waals surface area contributed by atoms with Gasteiger partial charge in [0.15, 0.2) is 0 Å². The van der Waals surface area contributed by atoms with E-state index >= 15 is 0 Å².